The molecule has 0 N–H and O–H groups in total. The van der Waals surface area contributed by atoms with E-state index in [4.69, 9.17) is 0 Å². The number of anilines is 1. The monoisotopic (exact) mass is 340 g/mol. The minimum Gasteiger partial charge on any atom is -0.333 e. The average Bonchev–Trinajstić information content (AvgIpc) is 3.37. The minimum absolute atomic E-state index is 0.182. The fourth-order valence-electron chi connectivity index (χ4n) is 4.36. The Morgan fingerprint density at radius 2 is 1.60 bits per heavy atom. The molecule has 1 aromatic rings. The van der Waals surface area contributed by atoms with Crippen molar-refractivity contribution in [3.63, 3.8) is 0 Å². The van der Waals surface area contributed by atoms with E-state index >= 15 is 0 Å². The van der Waals surface area contributed by atoms with E-state index in [1.165, 1.54) is 12.8 Å². The van der Waals surface area contributed by atoms with E-state index in [0.29, 0.717) is 18.5 Å². The van der Waals surface area contributed by atoms with E-state index in [1.54, 1.807) is 0 Å². The minimum atomic E-state index is 0.182. The zero-order chi connectivity index (χ0) is 17.4. The van der Waals surface area contributed by atoms with Crippen LogP contribution < -0.4 is 4.90 Å². The van der Waals surface area contributed by atoms with Crippen LogP contribution in [-0.2, 0) is 4.79 Å². The highest BCUT2D eigenvalue weighted by Gasteiger charge is 2.38. The van der Waals surface area contributed by atoms with Crippen molar-refractivity contribution in [2.75, 3.05) is 11.4 Å². The van der Waals surface area contributed by atoms with Crippen molar-refractivity contribution in [3.05, 3.63) is 29.8 Å². The molecule has 2 aliphatic carbocycles. The highest BCUT2D eigenvalue weighted by molar-refractivity contribution is 5.97. The van der Waals surface area contributed by atoms with Crippen LogP contribution in [0.25, 0.3) is 0 Å². The normalized spacial score (nSPS) is 26.8. The van der Waals surface area contributed by atoms with Crippen LogP contribution in [0.15, 0.2) is 24.3 Å². The van der Waals surface area contributed by atoms with Gasteiger partial charge in [-0.3, -0.25) is 9.59 Å². The summed E-state index contributed by atoms with van der Waals surface area (Å²) in [5.74, 6) is 1.17. The number of hydrogen-bond donors (Lipinski definition) is 0. The van der Waals surface area contributed by atoms with Gasteiger partial charge in [0.1, 0.15) is 0 Å². The molecule has 25 heavy (non-hydrogen) atoms. The zero-order valence-corrected chi connectivity index (χ0v) is 15.1. The standard InChI is InChI=1S/C21H28N2O2/c1-15-4-8-18(9-5-15)23(19-12-13-19)21(25)16-6-10-17(11-7-16)22-14-2-3-20(22)24/h6-7,10-11,15,18-19H,2-5,8-9,12-14H2,1H3. The van der Waals surface area contributed by atoms with E-state index in [9.17, 15) is 9.59 Å². The third-order valence-electron chi connectivity index (χ3n) is 6.05. The van der Waals surface area contributed by atoms with E-state index in [-0.39, 0.29) is 11.8 Å². The third kappa shape index (κ3) is 3.44. The van der Waals surface area contributed by atoms with Gasteiger partial charge in [0.25, 0.3) is 5.91 Å². The molecular weight excluding hydrogens is 312 g/mol. The van der Waals surface area contributed by atoms with Gasteiger partial charge in [-0.2, -0.15) is 0 Å². The lowest BCUT2D eigenvalue weighted by molar-refractivity contribution is -0.117. The molecule has 1 aromatic carbocycles. The predicted octanol–water partition coefficient (Wildman–Crippen LogP) is 4.00. The molecule has 134 valence electrons. The molecular formula is C21H28N2O2. The van der Waals surface area contributed by atoms with Crippen molar-refractivity contribution in [2.45, 2.75) is 70.4 Å². The summed E-state index contributed by atoms with van der Waals surface area (Å²) in [6, 6.07) is 8.55. The van der Waals surface area contributed by atoms with Crippen molar-refractivity contribution < 1.29 is 9.59 Å². The maximum Gasteiger partial charge on any atom is 0.254 e. The van der Waals surface area contributed by atoms with Gasteiger partial charge in [-0.25, -0.2) is 0 Å². The van der Waals surface area contributed by atoms with Gasteiger partial charge in [0.05, 0.1) is 0 Å². The van der Waals surface area contributed by atoms with Crippen LogP contribution in [0.2, 0.25) is 0 Å². The van der Waals surface area contributed by atoms with E-state index in [0.717, 1.165) is 55.8 Å². The van der Waals surface area contributed by atoms with Crippen LogP contribution in [0, 0.1) is 5.92 Å². The summed E-state index contributed by atoms with van der Waals surface area (Å²) in [4.78, 5) is 29.0. The molecule has 1 saturated heterocycles. The van der Waals surface area contributed by atoms with Gasteiger partial charge in [-0.1, -0.05) is 6.92 Å². The first-order valence-corrected chi connectivity index (χ1v) is 9.86. The van der Waals surface area contributed by atoms with Crippen molar-refractivity contribution in [1.29, 1.82) is 0 Å². The Bertz CT molecular complexity index is 642. The second-order valence-electron chi connectivity index (χ2n) is 8.05. The SMILES string of the molecule is CC1CCC(N(C(=O)c2ccc(N3CCCC3=O)cc2)C2CC2)CC1. The summed E-state index contributed by atoms with van der Waals surface area (Å²) < 4.78 is 0. The first kappa shape index (κ1) is 16.6. The first-order chi connectivity index (χ1) is 12.1. The van der Waals surface area contributed by atoms with E-state index in [1.807, 2.05) is 29.2 Å². The molecule has 0 unspecified atom stereocenters. The summed E-state index contributed by atoms with van der Waals surface area (Å²) in [5.41, 5.74) is 1.68. The molecule has 0 bridgehead atoms. The molecule has 0 radical (unpaired) electrons. The number of benzene rings is 1. The molecule has 2 amide bonds. The van der Waals surface area contributed by atoms with Crippen LogP contribution in [0.3, 0.4) is 0 Å². The van der Waals surface area contributed by atoms with E-state index < -0.39 is 0 Å². The highest BCUT2D eigenvalue weighted by Crippen LogP contribution is 2.36. The molecule has 3 fully saturated rings. The Balaban J connectivity index is 1.49. The van der Waals surface area contributed by atoms with Crippen LogP contribution in [0.5, 0.6) is 0 Å². The first-order valence-electron chi connectivity index (χ1n) is 9.86. The summed E-state index contributed by atoms with van der Waals surface area (Å²) in [5, 5.41) is 0. The van der Waals surface area contributed by atoms with Crippen LogP contribution in [-0.4, -0.2) is 35.3 Å². The van der Waals surface area contributed by atoms with Gasteiger partial charge in [-0.15, -0.1) is 0 Å². The lowest BCUT2D eigenvalue weighted by atomic mass is 9.86. The predicted molar refractivity (Wildman–Crippen MR) is 98.6 cm³/mol. The van der Waals surface area contributed by atoms with Gasteiger partial charge in [0.15, 0.2) is 0 Å². The number of hydrogen-bond acceptors (Lipinski definition) is 2. The van der Waals surface area contributed by atoms with Crippen molar-refractivity contribution >= 4 is 17.5 Å². The molecule has 4 rings (SSSR count). The summed E-state index contributed by atoms with van der Waals surface area (Å²) in [7, 11) is 0. The van der Waals surface area contributed by atoms with Crippen LogP contribution in [0.4, 0.5) is 5.69 Å². The Hall–Kier alpha value is -1.84. The fourth-order valence-corrected chi connectivity index (χ4v) is 4.36. The second kappa shape index (κ2) is 6.81. The molecule has 0 atom stereocenters. The van der Waals surface area contributed by atoms with E-state index in [2.05, 4.69) is 11.8 Å². The van der Waals surface area contributed by atoms with Gasteiger partial charge in [0, 0.05) is 36.3 Å². The largest absolute Gasteiger partial charge is 0.333 e. The number of amides is 2. The van der Waals surface area contributed by atoms with Gasteiger partial charge >= 0.3 is 0 Å². The van der Waals surface area contributed by atoms with Crippen molar-refractivity contribution in [3.8, 4) is 0 Å². The molecule has 4 nitrogen and oxygen atoms in total. The number of carbonyl (C=O) groups excluding carboxylic acids is 2. The van der Waals surface area contributed by atoms with Crippen LogP contribution in [0.1, 0.15) is 68.6 Å². The van der Waals surface area contributed by atoms with Crippen LogP contribution >= 0.6 is 0 Å². The Kier molecular flexibility index (Phi) is 4.53. The molecule has 3 aliphatic rings. The molecule has 1 heterocycles. The molecule has 1 aliphatic heterocycles. The molecule has 0 spiro atoms. The molecule has 0 aromatic heterocycles. The van der Waals surface area contributed by atoms with Gasteiger partial charge < -0.3 is 9.80 Å². The van der Waals surface area contributed by atoms with Crippen molar-refractivity contribution in [1.82, 2.24) is 4.90 Å². The third-order valence-corrected chi connectivity index (χ3v) is 6.05. The Labute approximate surface area is 150 Å². The van der Waals surface area contributed by atoms with Gasteiger partial charge in [-0.05, 0) is 75.1 Å². The smallest absolute Gasteiger partial charge is 0.254 e. The fraction of sp³-hybridized carbons (Fsp3) is 0.619. The molecule has 2 saturated carbocycles. The highest BCUT2D eigenvalue weighted by atomic mass is 16.2. The van der Waals surface area contributed by atoms with Crippen molar-refractivity contribution in [2.24, 2.45) is 5.92 Å². The lowest BCUT2D eigenvalue weighted by Crippen LogP contribution is -2.43. The summed E-state index contributed by atoms with van der Waals surface area (Å²) in [6.07, 6.45) is 8.61. The number of nitrogens with zero attached hydrogens (tertiary/aromatic N) is 2. The zero-order valence-electron chi connectivity index (χ0n) is 15.1. The summed E-state index contributed by atoms with van der Waals surface area (Å²) >= 11 is 0. The summed E-state index contributed by atoms with van der Waals surface area (Å²) in [6.45, 7) is 3.11. The maximum atomic E-state index is 13.1. The second-order valence-corrected chi connectivity index (χ2v) is 8.05. The quantitative estimate of drug-likeness (QED) is 0.831. The molecule has 4 heteroatoms. The average molecular weight is 340 g/mol. The Morgan fingerprint density at radius 1 is 1.00 bits per heavy atom. The van der Waals surface area contributed by atoms with Gasteiger partial charge in [0.2, 0.25) is 5.91 Å². The number of rotatable bonds is 4. The number of carbonyl (C=O) groups is 2. The lowest BCUT2D eigenvalue weighted by Gasteiger charge is -2.36. The maximum absolute atomic E-state index is 13.1. The topological polar surface area (TPSA) is 40.6 Å². The Morgan fingerprint density at radius 3 is 2.12 bits per heavy atom.